The van der Waals surface area contributed by atoms with Crippen LogP contribution in [0.1, 0.15) is 0 Å². The van der Waals surface area contributed by atoms with Gasteiger partial charge in [0.1, 0.15) is 23.1 Å². The molecule has 0 fully saturated rings. The van der Waals surface area contributed by atoms with Gasteiger partial charge in [0.2, 0.25) is 0 Å². The van der Waals surface area contributed by atoms with Crippen molar-refractivity contribution in [3.63, 3.8) is 0 Å². The van der Waals surface area contributed by atoms with Crippen LogP contribution in [-0.4, -0.2) is 47.5 Å². The van der Waals surface area contributed by atoms with Crippen molar-refractivity contribution in [3.05, 3.63) is 54.6 Å². The maximum atomic E-state index is 10.4. The quantitative estimate of drug-likeness (QED) is 0.441. The molecule has 1 aromatic heterocycles. The van der Waals surface area contributed by atoms with Gasteiger partial charge in [0.25, 0.3) is 0 Å². The van der Waals surface area contributed by atoms with E-state index < -0.39 is 6.09 Å². The highest BCUT2D eigenvalue weighted by Crippen LogP contribution is 2.29. The molecule has 0 bridgehead atoms. The molecule has 1 heterocycles. The molecule has 0 aliphatic carbocycles. The fraction of sp³-hybridized carbons (Fsp3) is 0.200. The zero-order valence-corrected chi connectivity index (χ0v) is 16.4. The summed E-state index contributed by atoms with van der Waals surface area (Å²) in [5.74, 6) is 1.47. The number of carboxylic acid groups (broad SMARTS) is 1. The lowest BCUT2D eigenvalue weighted by Crippen LogP contribution is -2.26. The summed E-state index contributed by atoms with van der Waals surface area (Å²) in [7, 11) is 1.64. The van der Waals surface area contributed by atoms with Crippen LogP contribution in [0.4, 0.5) is 4.79 Å². The van der Waals surface area contributed by atoms with Crippen molar-refractivity contribution in [2.75, 3.05) is 26.5 Å². The highest BCUT2D eigenvalue weighted by atomic mass is 32.2. The van der Waals surface area contributed by atoms with E-state index in [1.54, 1.807) is 18.9 Å². The zero-order chi connectivity index (χ0) is 19.9. The lowest BCUT2D eigenvalue weighted by atomic mass is 10.1. The molecule has 0 aliphatic heterocycles. The number of benzene rings is 2. The number of hydrogen-bond donors (Lipinski definition) is 2. The summed E-state index contributed by atoms with van der Waals surface area (Å²) >= 11 is 1.58. The van der Waals surface area contributed by atoms with Crippen LogP contribution < -0.4 is 14.8 Å². The predicted octanol–water partition coefficient (Wildman–Crippen LogP) is 3.92. The Bertz CT molecular complexity index is 924. The molecule has 0 spiro atoms. The van der Waals surface area contributed by atoms with E-state index >= 15 is 0 Å². The largest absolute Gasteiger partial charge is 0.497 e. The van der Waals surface area contributed by atoms with Gasteiger partial charge in [0, 0.05) is 5.56 Å². The third-order valence-corrected chi connectivity index (χ3v) is 4.63. The Balaban J connectivity index is 1.80. The van der Waals surface area contributed by atoms with Crippen molar-refractivity contribution in [1.82, 2.24) is 15.1 Å². The van der Waals surface area contributed by atoms with Crippen molar-refractivity contribution in [2.24, 2.45) is 0 Å². The molecule has 3 aromatic rings. The zero-order valence-electron chi connectivity index (χ0n) is 15.6. The number of nitrogens with zero attached hydrogens (tertiary/aromatic N) is 2. The Labute approximate surface area is 167 Å². The molecule has 2 N–H and O–H groups in total. The maximum absolute atomic E-state index is 10.4. The summed E-state index contributed by atoms with van der Waals surface area (Å²) in [5.41, 5.74) is 2.91. The standard InChI is InChI=1S/C20H21N3O4S/c1-26-16-9-5-15(6-10-16)23-18(13-19(22-23)28-2)14-3-7-17(8-4-14)27-12-11-21-20(24)25/h3-10,13,21H,11-12H2,1-2H3,(H,24,25). The lowest BCUT2D eigenvalue weighted by Gasteiger charge is -2.10. The molecular weight excluding hydrogens is 378 g/mol. The summed E-state index contributed by atoms with van der Waals surface area (Å²) in [6.45, 7) is 0.504. The minimum atomic E-state index is -1.06. The van der Waals surface area contributed by atoms with Gasteiger partial charge in [-0.15, -0.1) is 11.8 Å². The molecule has 0 saturated heterocycles. The van der Waals surface area contributed by atoms with Crippen LogP contribution in [0.15, 0.2) is 59.6 Å². The molecule has 0 unspecified atom stereocenters. The number of nitrogens with one attached hydrogen (secondary N) is 1. The molecule has 0 saturated carbocycles. The molecule has 28 heavy (non-hydrogen) atoms. The summed E-state index contributed by atoms with van der Waals surface area (Å²) in [6, 6.07) is 17.4. The van der Waals surface area contributed by atoms with Gasteiger partial charge in [0.05, 0.1) is 25.0 Å². The predicted molar refractivity (Wildman–Crippen MR) is 109 cm³/mol. The SMILES string of the molecule is COc1ccc(-n2nc(SC)cc2-c2ccc(OCCNC(=O)O)cc2)cc1. The van der Waals surface area contributed by atoms with Crippen molar-refractivity contribution in [1.29, 1.82) is 0 Å². The molecule has 8 heteroatoms. The van der Waals surface area contributed by atoms with Gasteiger partial charge < -0.3 is 19.9 Å². The van der Waals surface area contributed by atoms with Gasteiger partial charge in [-0.05, 0) is 60.9 Å². The van der Waals surface area contributed by atoms with Crippen molar-refractivity contribution < 1.29 is 19.4 Å². The third kappa shape index (κ3) is 4.77. The average Bonchev–Trinajstić information content (AvgIpc) is 3.16. The van der Waals surface area contributed by atoms with E-state index in [0.29, 0.717) is 5.75 Å². The van der Waals surface area contributed by atoms with Crippen molar-refractivity contribution >= 4 is 17.9 Å². The van der Waals surface area contributed by atoms with E-state index in [4.69, 9.17) is 14.6 Å². The highest BCUT2D eigenvalue weighted by Gasteiger charge is 2.12. The third-order valence-electron chi connectivity index (χ3n) is 4.01. The first kappa shape index (κ1) is 19.6. The monoisotopic (exact) mass is 399 g/mol. The lowest BCUT2D eigenvalue weighted by molar-refractivity contribution is 0.191. The second kappa shape index (κ2) is 9.18. The Morgan fingerprint density at radius 1 is 1.14 bits per heavy atom. The van der Waals surface area contributed by atoms with E-state index in [0.717, 1.165) is 27.7 Å². The molecule has 146 valence electrons. The van der Waals surface area contributed by atoms with Crippen LogP contribution in [0, 0.1) is 0 Å². The fourth-order valence-electron chi connectivity index (χ4n) is 2.63. The first-order valence-electron chi connectivity index (χ1n) is 8.59. The van der Waals surface area contributed by atoms with Gasteiger partial charge in [-0.25, -0.2) is 9.48 Å². The normalized spacial score (nSPS) is 10.5. The van der Waals surface area contributed by atoms with Crippen molar-refractivity contribution in [3.8, 4) is 28.4 Å². The summed E-state index contributed by atoms with van der Waals surface area (Å²) in [6.07, 6.45) is 0.933. The molecule has 3 rings (SSSR count). The smallest absolute Gasteiger partial charge is 0.404 e. The number of rotatable bonds is 8. The molecule has 2 aromatic carbocycles. The number of carbonyl (C=O) groups is 1. The summed E-state index contributed by atoms with van der Waals surface area (Å²) in [4.78, 5) is 10.4. The van der Waals surface area contributed by atoms with Crippen molar-refractivity contribution in [2.45, 2.75) is 5.03 Å². The number of thioether (sulfide) groups is 1. The van der Waals surface area contributed by atoms with Crippen LogP contribution in [-0.2, 0) is 0 Å². The topological polar surface area (TPSA) is 85.6 Å². The maximum Gasteiger partial charge on any atom is 0.404 e. The molecule has 0 aliphatic rings. The van der Waals surface area contributed by atoms with Crippen LogP contribution in [0.5, 0.6) is 11.5 Å². The van der Waals surface area contributed by atoms with Crippen LogP contribution in [0.2, 0.25) is 0 Å². The van der Waals surface area contributed by atoms with Gasteiger partial charge in [-0.1, -0.05) is 0 Å². The Morgan fingerprint density at radius 2 is 1.82 bits per heavy atom. The number of hydrogen-bond acceptors (Lipinski definition) is 5. The number of amides is 1. The van der Waals surface area contributed by atoms with E-state index in [2.05, 4.69) is 10.4 Å². The number of methoxy groups -OCH3 is 1. The molecule has 7 nitrogen and oxygen atoms in total. The summed E-state index contributed by atoms with van der Waals surface area (Å²) < 4.78 is 12.7. The van der Waals surface area contributed by atoms with Gasteiger partial charge in [-0.2, -0.15) is 5.10 Å². The van der Waals surface area contributed by atoms with E-state index in [1.807, 2.05) is 65.5 Å². The van der Waals surface area contributed by atoms with Gasteiger partial charge in [-0.3, -0.25) is 0 Å². The number of aromatic nitrogens is 2. The van der Waals surface area contributed by atoms with E-state index in [9.17, 15) is 4.79 Å². The van der Waals surface area contributed by atoms with Gasteiger partial charge in [0.15, 0.2) is 0 Å². The minimum Gasteiger partial charge on any atom is -0.497 e. The second-order valence-electron chi connectivity index (χ2n) is 5.79. The van der Waals surface area contributed by atoms with E-state index in [1.165, 1.54) is 0 Å². The highest BCUT2D eigenvalue weighted by molar-refractivity contribution is 7.98. The minimum absolute atomic E-state index is 0.235. The van der Waals surface area contributed by atoms with Crippen LogP contribution in [0.25, 0.3) is 16.9 Å². The first-order valence-corrected chi connectivity index (χ1v) is 9.81. The van der Waals surface area contributed by atoms with Crippen LogP contribution >= 0.6 is 11.8 Å². The Morgan fingerprint density at radius 3 is 2.43 bits per heavy atom. The van der Waals surface area contributed by atoms with E-state index in [-0.39, 0.29) is 13.2 Å². The van der Waals surface area contributed by atoms with Crippen LogP contribution in [0.3, 0.4) is 0 Å². The Kier molecular flexibility index (Phi) is 6.44. The molecule has 0 radical (unpaired) electrons. The first-order chi connectivity index (χ1) is 13.6. The fourth-order valence-corrected chi connectivity index (χ4v) is 3.03. The average molecular weight is 399 g/mol. The van der Waals surface area contributed by atoms with Gasteiger partial charge >= 0.3 is 6.09 Å². The number of ether oxygens (including phenoxy) is 2. The molecular formula is C20H21N3O4S. The molecule has 0 atom stereocenters. The molecule has 1 amide bonds. The summed E-state index contributed by atoms with van der Waals surface area (Å²) in [5, 5.41) is 16.4. The Hall–Kier alpha value is -3.13. The second-order valence-corrected chi connectivity index (χ2v) is 6.61.